The van der Waals surface area contributed by atoms with E-state index >= 15 is 0 Å². The van der Waals surface area contributed by atoms with Gasteiger partial charge in [-0.1, -0.05) is 30.3 Å². The summed E-state index contributed by atoms with van der Waals surface area (Å²) in [6.07, 6.45) is 0. The molecule has 0 bridgehead atoms. The summed E-state index contributed by atoms with van der Waals surface area (Å²) in [5.74, 6) is -0.681. The smallest absolute Gasteiger partial charge is 0.297 e. The molecule has 0 aliphatic carbocycles. The normalized spacial score (nSPS) is 30.3. The summed E-state index contributed by atoms with van der Waals surface area (Å²) in [7, 11) is 1.67. The van der Waals surface area contributed by atoms with Gasteiger partial charge in [0.2, 0.25) is 0 Å². The van der Waals surface area contributed by atoms with Crippen molar-refractivity contribution in [1.29, 1.82) is 0 Å². The highest BCUT2D eigenvalue weighted by atomic mass is 17.0. The minimum Gasteiger partial charge on any atom is -0.334 e. The number of nitrogens with zero attached hydrogens (tertiary/aromatic N) is 1. The Hall–Kier alpha value is -0.900. The summed E-state index contributed by atoms with van der Waals surface area (Å²) in [6, 6.07) is 9.97. The molecule has 3 nitrogen and oxygen atoms in total. The SMILES string of the molecule is COC1(c2ccccc2)ON1C(C)(C)C. The fourth-order valence-electron chi connectivity index (χ4n) is 1.74. The summed E-state index contributed by atoms with van der Waals surface area (Å²) >= 11 is 0. The predicted molar refractivity (Wildman–Crippen MR) is 57.8 cm³/mol. The third-order valence-corrected chi connectivity index (χ3v) is 2.47. The van der Waals surface area contributed by atoms with Gasteiger partial charge in [0.25, 0.3) is 5.91 Å². The highest BCUT2D eigenvalue weighted by Crippen LogP contribution is 2.49. The molecule has 1 aliphatic heterocycles. The first kappa shape index (κ1) is 10.6. The fraction of sp³-hybridized carbons (Fsp3) is 0.500. The Morgan fingerprint density at radius 2 is 1.80 bits per heavy atom. The highest BCUT2D eigenvalue weighted by Gasteiger charge is 2.62. The molecular weight excluding hydrogens is 190 g/mol. The number of rotatable bonds is 2. The van der Waals surface area contributed by atoms with Crippen LogP contribution in [0.15, 0.2) is 30.3 Å². The monoisotopic (exact) mass is 207 g/mol. The number of benzene rings is 1. The maximum Gasteiger partial charge on any atom is 0.297 e. The van der Waals surface area contributed by atoms with Crippen molar-refractivity contribution in [3.63, 3.8) is 0 Å². The molecule has 82 valence electrons. The zero-order valence-electron chi connectivity index (χ0n) is 9.65. The molecule has 1 heterocycles. The van der Waals surface area contributed by atoms with Crippen LogP contribution in [0.4, 0.5) is 0 Å². The molecule has 1 aromatic rings. The van der Waals surface area contributed by atoms with E-state index in [1.165, 1.54) is 0 Å². The molecule has 0 aromatic heterocycles. The summed E-state index contributed by atoms with van der Waals surface area (Å²) < 4.78 is 5.48. The lowest BCUT2D eigenvalue weighted by atomic mass is 10.1. The van der Waals surface area contributed by atoms with Crippen molar-refractivity contribution < 1.29 is 9.57 Å². The average Bonchev–Trinajstić information content (AvgIpc) is 2.94. The van der Waals surface area contributed by atoms with Crippen molar-refractivity contribution in [3.05, 3.63) is 35.9 Å². The Balaban J connectivity index is 2.29. The topological polar surface area (TPSA) is 24.8 Å². The van der Waals surface area contributed by atoms with Crippen LogP contribution in [0, 0.1) is 0 Å². The van der Waals surface area contributed by atoms with E-state index in [1.54, 1.807) is 7.11 Å². The largest absolute Gasteiger partial charge is 0.334 e. The Bertz CT molecular complexity index is 344. The molecule has 15 heavy (non-hydrogen) atoms. The maximum absolute atomic E-state index is 5.62. The van der Waals surface area contributed by atoms with Crippen molar-refractivity contribution in [2.24, 2.45) is 0 Å². The van der Waals surface area contributed by atoms with Crippen LogP contribution in [0.5, 0.6) is 0 Å². The van der Waals surface area contributed by atoms with Crippen LogP contribution >= 0.6 is 0 Å². The van der Waals surface area contributed by atoms with E-state index in [0.717, 1.165) is 5.56 Å². The minimum atomic E-state index is -0.681. The first-order valence-electron chi connectivity index (χ1n) is 5.11. The summed E-state index contributed by atoms with van der Waals surface area (Å²) in [5, 5.41) is 1.87. The molecular formula is C12H17NO2. The van der Waals surface area contributed by atoms with Gasteiger partial charge in [0.1, 0.15) is 0 Å². The molecule has 0 amide bonds. The standard InChI is InChI=1S/C12H17NO2/c1-11(2,3)13-12(14-4,15-13)10-8-6-5-7-9-10/h5-9H,1-4H3. The van der Waals surface area contributed by atoms with Crippen molar-refractivity contribution in [2.45, 2.75) is 32.2 Å². The number of methoxy groups -OCH3 is 1. The first-order valence-corrected chi connectivity index (χ1v) is 5.11. The van der Waals surface area contributed by atoms with E-state index in [1.807, 2.05) is 35.4 Å². The first-order chi connectivity index (χ1) is 7.00. The predicted octanol–water partition coefficient (Wildman–Crippen LogP) is 2.49. The summed E-state index contributed by atoms with van der Waals surface area (Å²) in [4.78, 5) is 5.62. The molecule has 3 heteroatoms. The Labute approximate surface area is 90.6 Å². The zero-order chi connectivity index (χ0) is 11.1. The van der Waals surface area contributed by atoms with Gasteiger partial charge in [-0.3, -0.25) is 0 Å². The Morgan fingerprint density at radius 3 is 2.20 bits per heavy atom. The lowest BCUT2D eigenvalue weighted by Gasteiger charge is -2.20. The van der Waals surface area contributed by atoms with Crippen LogP contribution in [0.1, 0.15) is 26.3 Å². The minimum absolute atomic E-state index is 0.0636. The average molecular weight is 207 g/mol. The van der Waals surface area contributed by atoms with Crippen molar-refractivity contribution >= 4 is 0 Å². The molecule has 1 fully saturated rings. The lowest BCUT2D eigenvalue weighted by Crippen LogP contribution is -2.32. The molecule has 1 aliphatic rings. The number of hydrogen-bond donors (Lipinski definition) is 0. The molecule has 0 spiro atoms. The van der Waals surface area contributed by atoms with E-state index in [4.69, 9.17) is 9.57 Å². The van der Waals surface area contributed by atoms with Gasteiger partial charge in [-0.25, -0.2) is 4.84 Å². The fourth-order valence-corrected chi connectivity index (χ4v) is 1.74. The van der Waals surface area contributed by atoms with Crippen LogP contribution in [-0.2, 0) is 15.5 Å². The van der Waals surface area contributed by atoms with Crippen molar-refractivity contribution in [1.82, 2.24) is 5.06 Å². The molecule has 0 N–H and O–H groups in total. The van der Waals surface area contributed by atoms with Gasteiger partial charge in [-0.05, 0) is 20.8 Å². The summed E-state index contributed by atoms with van der Waals surface area (Å²) in [5.41, 5.74) is 0.966. The lowest BCUT2D eigenvalue weighted by molar-refractivity contribution is -0.0198. The molecule has 2 unspecified atom stereocenters. The van der Waals surface area contributed by atoms with E-state index in [2.05, 4.69) is 20.8 Å². The van der Waals surface area contributed by atoms with Crippen LogP contribution in [0.3, 0.4) is 0 Å². The zero-order valence-corrected chi connectivity index (χ0v) is 9.65. The Morgan fingerprint density at radius 1 is 1.20 bits per heavy atom. The van der Waals surface area contributed by atoms with E-state index in [9.17, 15) is 0 Å². The van der Waals surface area contributed by atoms with Gasteiger partial charge in [0.15, 0.2) is 0 Å². The van der Waals surface area contributed by atoms with Crippen molar-refractivity contribution in [3.8, 4) is 0 Å². The molecule has 2 atom stereocenters. The second-order valence-electron chi connectivity index (χ2n) is 4.71. The van der Waals surface area contributed by atoms with E-state index in [0.29, 0.717) is 0 Å². The second-order valence-corrected chi connectivity index (χ2v) is 4.71. The summed E-state index contributed by atoms with van der Waals surface area (Å²) in [6.45, 7) is 6.28. The number of hydroxylamine groups is 2. The van der Waals surface area contributed by atoms with Gasteiger partial charge < -0.3 is 4.74 Å². The van der Waals surface area contributed by atoms with Crippen LogP contribution < -0.4 is 0 Å². The molecule has 0 saturated carbocycles. The molecule has 2 rings (SSSR count). The van der Waals surface area contributed by atoms with Crippen LogP contribution in [0.25, 0.3) is 0 Å². The number of hydrogen-bond acceptors (Lipinski definition) is 3. The van der Waals surface area contributed by atoms with Gasteiger partial charge >= 0.3 is 0 Å². The third-order valence-electron chi connectivity index (χ3n) is 2.47. The van der Waals surface area contributed by atoms with E-state index in [-0.39, 0.29) is 5.54 Å². The van der Waals surface area contributed by atoms with Gasteiger partial charge in [-0.15, -0.1) is 5.06 Å². The third kappa shape index (κ3) is 1.67. The second kappa shape index (κ2) is 3.30. The van der Waals surface area contributed by atoms with Gasteiger partial charge in [0, 0.05) is 18.2 Å². The van der Waals surface area contributed by atoms with Crippen LogP contribution in [-0.4, -0.2) is 17.7 Å². The number of ether oxygens (including phenoxy) is 1. The van der Waals surface area contributed by atoms with Crippen molar-refractivity contribution in [2.75, 3.05) is 7.11 Å². The van der Waals surface area contributed by atoms with Crippen LogP contribution in [0.2, 0.25) is 0 Å². The van der Waals surface area contributed by atoms with Gasteiger partial charge in [-0.2, -0.15) is 0 Å². The molecule has 1 saturated heterocycles. The Kier molecular flexibility index (Phi) is 2.34. The van der Waals surface area contributed by atoms with E-state index < -0.39 is 5.91 Å². The maximum atomic E-state index is 5.62. The molecule has 1 aromatic carbocycles. The van der Waals surface area contributed by atoms with Gasteiger partial charge in [0.05, 0.1) is 0 Å². The molecule has 0 radical (unpaired) electrons. The highest BCUT2D eigenvalue weighted by molar-refractivity contribution is 5.22. The quantitative estimate of drug-likeness (QED) is 0.696.